The predicted molar refractivity (Wildman–Crippen MR) is 54.9 cm³/mol. The number of rotatable bonds is 4. The van der Waals surface area contributed by atoms with Crippen LogP contribution in [-0.2, 0) is 16.0 Å². The Bertz CT molecular complexity index is 382. The van der Waals surface area contributed by atoms with Crippen LogP contribution in [0.15, 0.2) is 18.2 Å². The van der Waals surface area contributed by atoms with E-state index in [0.717, 1.165) is 12.1 Å². The van der Waals surface area contributed by atoms with Crippen LogP contribution >= 0.6 is 0 Å². The lowest BCUT2D eigenvalue weighted by Crippen LogP contribution is -2.37. The van der Waals surface area contributed by atoms with Gasteiger partial charge in [0.2, 0.25) is 0 Å². The zero-order valence-electron chi connectivity index (χ0n) is 9.09. The van der Waals surface area contributed by atoms with E-state index in [1.165, 1.54) is 13.2 Å². The molecule has 0 aliphatic heterocycles. The smallest absolute Gasteiger partial charge is 0.323 e. The molecule has 0 aliphatic rings. The number of hydrogen-bond donors (Lipinski definition) is 1. The number of esters is 1. The molecule has 1 atom stereocenters. The van der Waals surface area contributed by atoms with Gasteiger partial charge in [-0.25, -0.2) is 8.78 Å². The summed E-state index contributed by atoms with van der Waals surface area (Å²) in [6.45, 7) is 0. The van der Waals surface area contributed by atoms with E-state index in [1.807, 2.05) is 0 Å². The standard InChI is InChI=1S/C11H13F2NO2/c1-14-10(11(15)16-2)5-7-3-4-8(12)6-9(7)13/h3-4,6,10,14H,5H2,1-2H3/t10-/m0/s1. The summed E-state index contributed by atoms with van der Waals surface area (Å²) in [5, 5.41) is 2.71. The Kier molecular flexibility index (Phi) is 4.37. The summed E-state index contributed by atoms with van der Waals surface area (Å²) in [6, 6.07) is 2.63. The Morgan fingerprint density at radius 1 is 1.50 bits per heavy atom. The Morgan fingerprint density at radius 2 is 2.19 bits per heavy atom. The third-order valence-electron chi connectivity index (χ3n) is 2.27. The first-order valence-electron chi connectivity index (χ1n) is 4.77. The molecule has 0 heterocycles. The van der Waals surface area contributed by atoms with Crippen molar-refractivity contribution in [3.8, 4) is 0 Å². The molecular formula is C11H13F2NO2. The average molecular weight is 229 g/mol. The molecule has 1 aromatic carbocycles. The van der Waals surface area contributed by atoms with Gasteiger partial charge in [-0.1, -0.05) is 6.07 Å². The molecule has 1 N–H and O–H groups in total. The van der Waals surface area contributed by atoms with Crippen molar-refractivity contribution in [1.82, 2.24) is 5.32 Å². The van der Waals surface area contributed by atoms with Crippen LogP contribution in [0.2, 0.25) is 0 Å². The topological polar surface area (TPSA) is 38.3 Å². The molecule has 16 heavy (non-hydrogen) atoms. The number of likely N-dealkylation sites (N-methyl/N-ethyl adjacent to an activating group) is 1. The minimum atomic E-state index is -0.663. The van der Waals surface area contributed by atoms with Crippen molar-refractivity contribution < 1.29 is 18.3 Å². The van der Waals surface area contributed by atoms with Crippen LogP contribution in [0.25, 0.3) is 0 Å². The predicted octanol–water partition coefficient (Wildman–Crippen LogP) is 1.27. The van der Waals surface area contributed by atoms with E-state index < -0.39 is 23.6 Å². The lowest BCUT2D eigenvalue weighted by Gasteiger charge is -2.13. The van der Waals surface area contributed by atoms with E-state index >= 15 is 0 Å². The second-order valence-corrected chi connectivity index (χ2v) is 3.30. The Balaban J connectivity index is 2.82. The summed E-state index contributed by atoms with van der Waals surface area (Å²) >= 11 is 0. The number of hydrogen-bond acceptors (Lipinski definition) is 3. The monoisotopic (exact) mass is 229 g/mol. The molecule has 88 valence electrons. The Morgan fingerprint density at radius 3 is 2.69 bits per heavy atom. The number of methoxy groups -OCH3 is 1. The van der Waals surface area contributed by atoms with E-state index in [2.05, 4.69) is 10.1 Å². The molecule has 0 aliphatic carbocycles. The number of benzene rings is 1. The zero-order chi connectivity index (χ0) is 12.1. The van der Waals surface area contributed by atoms with Gasteiger partial charge in [0.05, 0.1) is 7.11 Å². The van der Waals surface area contributed by atoms with Crippen molar-refractivity contribution in [3.05, 3.63) is 35.4 Å². The van der Waals surface area contributed by atoms with E-state index in [0.29, 0.717) is 0 Å². The van der Waals surface area contributed by atoms with Crippen molar-refractivity contribution in [2.45, 2.75) is 12.5 Å². The van der Waals surface area contributed by atoms with Crippen LogP contribution < -0.4 is 5.32 Å². The number of ether oxygens (including phenoxy) is 1. The summed E-state index contributed by atoms with van der Waals surface area (Å²) in [5.41, 5.74) is 0.270. The van der Waals surface area contributed by atoms with Crippen LogP contribution in [0.4, 0.5) is 8.78 Å². The highest BCUT2D eigenvalue weighted by Crippen LogP contribution is 2.12. The lowest BCUT2D eigenvalue weighted by atomic mass is 10.1. The Labute approximate surface area is 92.4 Å². The molecule has 0 saturated carbocycles. The maximum Gasteiger partial charge on any atom is 0.323 e. The fourth-order valence-corrected chi connectivity index (χ4v) is 1.35. The van der Waals surface area contributed by atoms with Crippen molar-refractivity contribution in [2.24, 2.45) is 0 Å². The molecule has 0 radical (unpaired) electrons. The van der Waals surface area contributed by atoms with E-state index in [4.69, 9.17) is 0 Å². The molecule has 0 fully saturated rings. The zero-order valence-corrected chi connectivity index (χ0v) is 9.09. The largest absolute Gasteiger partial charge is 0.468 e. The minimum absolute atomic E-state index is 0.120. The van der Waals surface area contributed by atoms with Gasteiger partial charge in [-0.05, 0) is 18.7 Å². The van der Waals surface area contributed by atoms with Gasteiger partial charge in [-0.3, -0.25) is 4.79 Å². The Hall–Kier alpha value is -1.49. The second-order valence-electron chi connectivity index (χ2n) is 3.30. The molecule has 5 heteroatoms. The van der Waals surface area contributed by atoms with Crippen molar-refractivity contribution in [2.75, 3.05) is 14.2 Å². The number of halogens is 2. The van der Waals surface area contributed by atoms with Gasteiger partial charge < -0.3 is 10.1 Å². The maximum atomic E-state index is 13.3. The van der Waals surface area contributed by atoms with Crippen molar-refractivity contribution >= 4 is 5.97 Å². The van der Waals surface area contributed by atoms with Gasteiger partial charge in [-0.15, -0.1) is 0 Å². The van der Waals surface area contributed by atoms with E-state index in [-0.39, 0.29) is 12.0 Å². The molecule has 0 bridgehead atoms. The van der Waals surface area contributed by atoms with Gasteiger partial charge in [0.15, 0.2) is 0 Å². The van der Waals surface area contributed by atoms with Gasteiger partial charge in [0, 0.05) is 12.5 Å². The molecule has 0 aromatic heterocycles. The fourth-order valence-electron chi connectivity index (χ4n) is 1.35. The molecule has 3 nitrogen and oxygen atoms in total. The average Bonchev–Trinajstić information content (AvgIpc) is 2.27. The van der Waals surface area contributed by atoms with E-state index in [1.54, 1.807) is 7.05 Å². The number of carbonyl (C=O) groups is 1. The van der Waals surface area contributed by atoms with Crippen molar-refractivity contribution in [3.63, 3.8) is 0 Å². The SMILES string of the molecule is CN[C@@H](Cc1ccc(F)cc1F)C(=O)OC. The second kappa shape index (κ2) is 5.55. The fraction of sp³-hybridized carbons (Fsp3) is 0.364. The highest BCUT2D eigenvalue weighted by atomic mass is 19.1. The molecular weight excluding hydrogens is 216 g/mol. The highest BCUT2D eigenvalue weighted by Gasteiger charge is 2.19. The van der Waals surface area contributed by atoms with Crippen LogP contribution in [-0.4, -0.2) is 26.2 Å². The van der Waals surface area contributed by atoms with Crippen LogP contribution in [0.5, 0.6) is 0 Å². The quantitative estimate of drug-likeness (QED) is 0.790. The highest BCUT2D eigenvalue weighted by molar-refractivity contribution is 5.76. The summed E-state index contributed by atoms with van der Waals surface area (Å²) < 4.78 is 30.5. The summed E-state index contributed by atoms with van der Waals surface area (Å²) in [7, 11) is 2.83. The third kappa shape index (κ3) is 3.00. The summed E-state index contributed by atoms with van der Waals surface area (Å²) in [4.78, 5) is 11.2. The molecule has 0 spiro atoms. The molecule has 0 saturated heterocycles. The van der Waals surface area contributed by atoms with Crippen LogP contribution in [0, 0.1) is 11.6 Å². The number of carbonyl (C=O) groups excluding carboxylic acids is 1. The maximum absolute atomic E-state index is 13.3. The summed E-state index contributed by atoms with van der Waals surface area (Å²) in [5.74, 6) is -1.78. The lowest BCUT2D eigenvalue weighted by molar-refractivity contribution is -0.142. The first-order chi connectivity index (χ1) is 7.58. The van der Waals surface area contributed by atoms with Gasteiger partial charge >= 0.3 is 5.97 Å². The molecule has 1 aromatic rings. The van der Waals surface area contributed by atoms with Gasteiger partial charge in [0.1, 0.15) is 17.7 Å². The summed E-state index contributed by atoms with van der Waals surface area (Å²) in [6.07, 6.45) is 0.120. The molecule has 1 rings (SSSR count). The minimum Gasteiger partial charge on any atom is -0.468 e. The van der Waals surface area contributed by atoms with Crippen molar-refractivity contribution in [1.29, 1.82) is 0 Å². The van der Waals surface area contributed by atoms with Crippen LogP contribution in [0.1, 0.15) is 5.56 Å². The molecule has 0 unspecified atom stereocenters. The first-order valence-corrected chi connectivity index (χ1v) is 4.77. The number of nitrogens with one attached hydrogen (secondary N) is 1. The third-order valence-corrected chi connectivity index (χ3v) is 2.27. The first kappa shape index (κ1) is 12.6. The molecule has 0 amide bonds. The van der Waals surface area contributed by atoms with E-state index in [9.17, 15) is 13.6 Å². The van der Waals surface area contributed by atoms with Gasteiger partial charge in [-0.2, -0.15) is 0 Å². The normalized spacial score (nSPS) is 12.2. The van der Waals surface area contributed by atoms with Crippen LogP contribution in [0.3, 0.4) is 0 Å². The van der Waals surface area contributed by atoms with Gasteiger partial charge in [0.25, 0.3) is 0 Å².